The molecule has 98 valence electrons. The number of hydrogen-bond donors (Lipinski definition) is 3. The van der Waals surface area contributed by atoms with Gasteiger partial charge in [-0.2, -0.15) is 0 Å². The van der Waals surface area contributed by atoms with E-state index in [2.05, 4.69) is 15.6 Å². The molecule has 2 rings (SSSR count). The molecular weight excluding hydrogens is 266 g/mol. The van der Waals surface area contributed by atoms with E-state index in [1.807, 2.05) is 6.92 Å². The first kappa shape index (κ1) is 13.0. The van der Waals surface area contributed by atoms with Gasteiger partial charge in [-0.05, 0) is 25.1 Å². The summed E-state index contributed by atoms with van der Waals surface area (Å²) in [5.74, 6) is -1.04. The van der Waals surface area contributed by atoms with Crippen molar-refractivity contribution < 1.29 is 14.7 Å². The highest BCUT2D eigenvalue weighted by atomic mass is 32.1. The third kappa shape index (κ3) is 3.52. The van der Waals surface area contributed by atoms with Crippen LogP contribution in [0.1, 0.15) is 15.2 Å². The second-order valence-corrected chi connectivity index (χ2v) is 4.98. The first-order chi connectivity index (χ1) is 9.04. The number of thiazole rings is 1. The number of aryl methyl sites for hydroxylation is 1. The largest absolute Gasteiger partial charge is 0.478 e. The summed E-state index contributed by atoms with van der Waals surface area (Å²) in [5.41, 5.74) is 0.522. The lowest BCUT2D eigenvalue weighted by molar-refractivity contribution is 0.0697. The van der Waals surface area contributed by atoms with Crippen LogP contribution in [-0.2, 0) is 0 Å². The van der Waals surface area contributed by atoms with Crippen molar-refractivity contribution >= 4 is 34.2 Å². The molecule has 0 aliphatic carbocycles. The Balaban J connectivity index is 2.02. The summed E-state index contributed by atoms with van der Waals surface area (Å²) in [6, 6.07) is 5.55. The van der Waals surface area contributed by atoms with Crippen LogP contribution in [0.4, 0.5) is 15.6 Å². The number of benzene rings is 1. The summed E-state index contributed by atoms with van der Waals surface area (Å²) in [4.78, 5) is 27.5. The van der Waals surface area contributed by atoms with Gasteiger partial charge in [0.1, 0.15) is 0 Å². The van der Waals surface area contributed by atoms with E-state index in [1.165, 1.54) is 23.5 Å². The zero-order chi connectivity index (χ0) is 13.8. The van der Waals surface area contributed by atoms with Crippen LogP contribution in [-0.4, -0.2) is 22.1 Å². The Morgan fingerprint density at radius 1 is 1.32 bits per heavy atom. The van der Waals surface area contributed by atoms with Gasteiger partial charge in [0, 0.05) is 16.8 Å². The molecule has 0 bridgehead atoms. The molecule has 19 heavy (non-hydrogen) atoms. The third-order valence-corrected chi connectivity index (χ3v) is 3.04. The topological polar surface area (TPSA) is 91.3 Å². The van der Waals surface area contributed by atoms with Crippen molar-refractivity contribution in [3.8, 4) is 0 Å². The number of amides is 2. The molecule has 0 fully saturated rings. The van der Waals surface area contributed by atoms with Gasteiger partial charge in [-0.25, -0.2) is 14.6 Å². The van der Waals surface area contributed by atoms with Crippen LogP contribution in [0.5, 0.6) is 0 Å². The molecule has 0 atom stereocenters. The fourth-order valence-electron chi connectivity index (χ4n) is 1.40. The maximum Gasteiger partial charge on any atom is 0.335 e. The van der Waals surface area contributed by atoms with Gasteiger partial charge in [-0.15, -0.1) is 11.3 Å². The molecule has 2 amide bonds. The van der Waals surface area contributed by atoms with Crippen LogP contribution in [0.2, 0.25) is 0 Å². The zero-order valence-corrected chi connectivity index (χ0v) is 10.8. The summed E-state index contributed by atoms with van der Waals surface area (Å²) in [6.45, 7) is 1.89. The van der Waals surface area contributed by atoms with Crippen LogP contribution in [0.15, 0.2) is 30.5 Å². The number of hydrogen-bond acceptors (Lipinski definition) is 4. The Kier molecular flexibility index (Phi) is 3.76. The number of urea groups is 1. The van der Waals surface area contributed by atoms with E-state index >= 15 is 0 Å². The minimum atomic E-state index is -1.04. The Morgan fingerprint density at radius 2 is 2.11 bits per heavy atom. The molecule has 0 saturated carbocycles. The molecule has 0 radical (unpaired) electrons. The highest BCUT2D eigenvalue weighted by molar-refractivity contribution is 7.15. The molecule has 0 unspecified atom stereocenters. The standard InChI is InChI=1S/C12H11N3O3S/c1-7-6-13-12(19-7)15-11(18)14-9-4-2-3-8(5-9)10(16)17/h2-6H,1H3,(H,16,17)(H2,13,14,15,18). The number of aromatic carboxylic acids is 1. The van der Waals surface area contributed by atoms with Crippen molar-refractivity contribution in [1.82, 2.24) is 4.98 Å². The second kappa shape index (κ2) is 5.49. The molecule has 3 N–H and O–H groups in total. The molecule has 0 aliphatic rings. The highest BCUT2D eigenvalue weighted by Gasteiger charge is 2.07. The van der Waals surface area contributed by atoms with E-state index in [4.69, 9.17) is 5.11 Å². The molecule has 2 aromatic rings. The number of aromatic nitrogens is 1. The van der Waals surface area contributed by atoms with Crippen molar-refractivity contribution in [1.29, 1.82) is 0 Å². The van der Waals surface area contributed by atoms with Gasteiger partial charge >= 0.3 is 12.0 Å². The lowest BCUT2D eigenvalue weighted by atomic mass is 10.2. The molecule has 6 nitrogen and oxygen atoms in total. The lowest BCUT2D eigenvalue weighted by Gasteiger charge is -2.05. The monoisotopic (exact) mass is 277 g/mol. The van der Waals surface area contributed by atoms with Crippen LogP contribution in [0.25, 0.3) is 0 Å². The SMILES string of the molecule is Cc1cnc(NC(=O)Nc2cccc(C(=O)O)c2)s1. The maximum atomic E-state index is 11.7. The van der Waals surface area contributed by atoms with E-state index in [0.29, 0.717) is 10.8 Å². The minimum Gasteiger partial charge on any atom is -0.478 e. The van der Waals surface area contributed by atoms with Gasteiger partial charge in [0.2, 0.25) is 0 Å². The Morgan fingerprint density at radius 3 is 2.74 bits per heavy atom. The van der Waals surface area contributed by atoms with Crippen molar-refractivity contribution in [3.63, 3.8) is 0 Å². The first-order valence-corrected chi connectivity index (χ1v) is 6.20. The summed E-state index contributed by atoms with van der Waals surface area (Å²) >= 11 is 1.36. The molecule has 0 spiro atoms. The number of nitrogens with zero attached hydrogens (tertiary/aromatic N) is 1. The summed E-state index contributed by atoms with van der Waals surface area (Å²) < 4.78 is 0. The molecule has 1 aromatic carbocycles. The van der Waals surface area contributed by atoms with E-state index in [1.54, 1.807) is 18.3 Å². The van der Waals surface area contributed by atoms with E-state index < -0.39 is 12.0 Å². The summed E-state index contributed by atoms with van der Waals surface area (Å²) in [6.07, 6.45) is 1.66. The van der Waals surface area contributed by atoms with Crippen molar-refractivity contribution in [2.24, 2.45) is 0 Å². The van der Waals surface area contributed by atoms with Crippen LogP contribution >= 0.6 is 11.3 Å². The Bertz CT molecular complexity index is 624. The van der Waals surface area contributed by atoms with Gasteiger partial charge in [0.15, 0.2) is 5.13 Å². The Hall–Kier alpha value is -2.41. The third-order valence-electron chi connectivity index (χ3n) is 2.21. The van der Waals surface area contributed by atoms with Gasteiger partial charge in [0.05, 0.1) is 5.56 Å². The van der Waals surface area contributed by atoms with Crippen LogP contribution < -0.4 is 10.6 Å². The molecular formula is C12H11N3O3S. The van der Waals surface area contributed by atoms with Crippen LogP contribution in [0.3, 0.4) is 0 Å². The zero-order valence-electron chi connectivity index (χ0n) is 10.0. The predicted octanol–water partition coefficient (Wildman–Crippen LogP) is 2.79. The van der Waals surface area contributed by atoms with E-state index in [9.17, 15) is 9.59 Å². The number of nitrogens with one attached hydrogen (secondary N) is 2. The van der Waals surface area contributed by atoms with Gasteiger partial charge in [0.25, 0.3) is 0 Å². The lowest BCUT2D eigenvalue weighted by Crippen LogP contribution is -2.19. The van der Waals surface area contributed by atoms with Crippen molar-refractivity contribution in [2.45, 2.75) is 6.92 Å². The van der Waals surface area contributed by atoms with E-state index in [0.717, 1.165) is 4.88 Å². The second-order valence-electron chi connectivity index (χ2n) is 3.74. The minimum absolute atomic E-state index is 0.114. The summed E-state index contributed by atoms with van der Waals surface area (Å²) in [5, 5.41) is 14.5. The number of carbonyl (C=O) groups is 2. The fourth-order valence-corrected chi connectivity index (χ4v) is 2.06. The van der Waals surface area contributed by atoms with Gasteiger partial charge in [-0.3, -0.25) is 5.32 Å². The fraction of sp³-hybridized carbons (Fsp3) is 0.0833. The smallest absolute Gasteiger partial charge is 0.335 e. The summed E-state index contributed by atoms with van der Waals surface area (Å²) in [7, 11) is 0. The van der Waals surface area contributed by atoms with Gasteiger partial charge in [-0.1, -0.05) is 6.07 Å². The normalized spacial score (nSPS) is 9.95. The Labute approximate surface area is 113 Å². The molecule has 0 aliphatic heterocycles. The average molecular weight is 277 g/mol. The maximum absolute atomic E-state index is 11.7. The first-order valence-electron chi connectivity index (χ1n) is 5.38. The van der Waals surface area contributed by atoms with Crippen LogP contribution in [0, 0.1) is 6.92 Å². The van der Waals surface area contributed by atoms with E-state index in [-0.39, 0.29) is 5.56 Å². The van der Waals surface area contributed by atoms with Gasteiger partial charge < -0.3 is 10.4 Å². The van der Waals surface area contributed by atoms with Crippen molar-refractivity contribution in [2.75, 3.05) is 10.6 Å². The highest BCUT2D eigenvalue weighted by Crippen LogP contribution is 2.17. The molecule has 1 heterocycles. The molecule has 7 heteroatoms. The molecule has 1 aromatic heterocycles. The number of carboxylic acids is 1. The molecule has 0 saturated heterocycles. The quantitative estimate of drug-likeness (QED) is 0.804. The number of rotatable bonds is 3. The van der Waals surface area contributed by atoms with Crippen molar-refractivity contribution in [3.05, 3.63) is 40.9 Å². The number of carboxylic acid groups (broad SMARTS) is 1. The predicted molar refractivity (Wildman–Crippen MR) is 72.9 cm³/mol. The average Bonchev–Trinajstić information content (AvgIpc) is 2.74. The number of carbonyl (C=O) groups excluding carboxylic acids is 1. The number of anilines is 2.